The van der Waals surface area contributed by atoms with Crippen LogP contribution >= 0.6 is 0 Å². The molecule has 1 amide bonds. The predicted molar refractivity (Wildman–Crippen MR) is 59.4 cm³/mol. The Balaban J connectivity index is 2.11. The van der Waals surface area contributed by atoms with E-state index in [1.165, 1.54) is 12.1 Å². The molecule has 18 heavy (non-hydrogen) atoms. The summed E-state index contributed by atoms with van der Waals surface area (Å²) in [4.78, 5) is 22.1. The molecule has 2 unspecified atom stereocenters. The van der Waals surface area contributed by atoms with E-state index in [0.29, 0.717) is 5.56 Å². The molecule has 6 heteroatoms. The minimum atomic E-state index is -1.16. The third-order valence-corrected chi connectivity index (χ3v) is 2.71. The van der Waals surface area contributed by atoms with Gasteiger partial charge in [0.05, 0.1) is 6.10 Å². The SMILES string of the molecule is O=C1COC(Cc2cccc(F)c2)C(C(=O)O)N1. The maximum absolute atomic E-state index is 13.0. The summed E-state index contributed by atoms with van der Waals surface area (Å²) in [6.45, 7) is -0.177. The van der Waals surface area contributed by atoms with Gasteiger partial charge in [-0.25, -0.2) is 9.18 Å². The highest BCUT2D eigenvalue weighted by atomic mass is 19.1. The highest BCUT2D eigenvalue weighted by molar-refractivity contribution is 5.85. The van der Waals surface area contributed by atoms with Crippen LogP contribution in [0.15, 0.2) is 24.3 Å². The van der Waals surface area contributed by atoms with Crippen LogP contribution in [0.5, 0.6) is 0 Å². The van der Waals surface area contributed by atoms with Gasteiger partial charge < -0.3 is 15.2 Å². The lowest BCUT2D eigenvalue weighted by Crippen LogP contribution is -2.56. The molecule has 2 rings (SSSR count). The van der Waals surface area contributed by atoms with Gasteiger partial charge in [0.1, 0.15) is 12.4 Å². The molecule has 0 aromatic heterocycles. The van der Waals surface area contributed by atoms with Gasteiger partial charge in [0.15, 0.2) is 6.04 Å². The number of amides is 1. The average molecular weight is 253 g/mol. The summed E-state index contributed by atoms with van der Waals surface area (Å²) in [6, 6.07) is 4.75. The quantitative estimate of drug-likeness (QED) is 0.814. The summed E-state index contributed by atoms with van der Waals surface area (Å²) in [5.74, 6) is -2.01. The molecule has 2 N–H and O–H groups in total. The Labute approximate surface area is 103 Å². The third kappa shape index (κ3) is 2.84. The number of nitrogens with one attached hydrogen (secondary N) is 1. The van der Waals surface area contributed by atoms with Crippen molar-refractivity contribution >= 4 is 11.9 Å². The summed E-state index contributed by atoms with van der Waals surface area (Å²) in [6.07, 6.45) is -0.461. The molecule has 1 aliphatic heterocycles. The molecular weight excluding hydrogens is 241 g/mol. The summed E-state index contributed by atoms with van der Waals surface area (Å²) < 4.78 is 18.2. The number of halogens is 1. The molecule has 1 aliphatic rings. The molecular formula is C12H12FNO4. The Morgan fingerprint density at radius 3 is 3.00 bits per heavy atom. The van der Waals surface area contributed by atoms with E-state index in [2.05, 4.69) is 5.32 Å². The van der Waals surface area contributed by atoms with Crippen LogP contribution in [0.1, 0.15) is 5.56 Å². The zero-order valence-electron chi connectivity index (χ0n) is 9.43. The molecule has 1 aromatic rings. The minimum absolute atomic E-state index is 0.177. The van der Waals surface area contributed by atoms with Gasteiger partial charge in [0, 0.05) is 6.42 Å². The topological polar surface area (TPSA) is 75.6 Å². The van der Waals surface area contributed by atoms with Crippen LogP contribution in [-0.4, -0.2) is 35.7 Å². The van der Waals surface area contributed by atoms with Crippen molar-refractivity contribution in [2.75, 3.05) is 6.61 Å². The number of hydrogen-bond acceptors (Lipinski definition) is 3. The number of aliphatic carboxylic acids is 1. The van der Waals surface area contributed by atoms with E-state index >= 15 is 0 Å². The van der Waals surface area contributed by atoms with E-state index in [-0.39, 0.29) is 18.8 Å². The number of morpholine rings is 1. The minimum Gasteiger partial charge on any atom is -0.480 e. The number of carboxylic acids is 1. The lowest BCUT2D eigenvalue weighted by molar-refractivity contribution is -0.154. The largest absolute Gasteiger partial charge is 0.480 e. The second-order valence-electron chi connectivity index (χ2n) is 4.07. The molecule has 0 aliphatic carbocycles. The van der Waals surface area contributed by atoms with Gasteiger partial charge in [0.25, 0.3) is 0 Å². The molecule has 96 valence electrons. The van der Waals surface area contributed by atoms with E-state index in [0.717, 1.165) is 0 Å². The average Bonchev–Trinajstić information content (AvgIpc) is 2.31. The highest BCUT2D eigenvalue weighted by Crippen LogP contribution is 2.14. The van der Waals surface area contributed by atoms with Crippen molar-refractivity contribution in [3.8, 4) is 0 Å². The first-order valence-corrected chi connectivity index (χ1v) is 5.44. The van der Waals surface area contributed by atoms with E-state index in [1.54, 1.807) is 12.1 Å². The smallest absolute Gasteiger partial charge is 0.328 e. The van der Waals surface area contributed by atoms with E-state index in [4.69, 9.17) is 9.84 Å². The lowest BCUT2D eigenvalue weighted by Gasteiger charge is -2.29. The lowest BCUT2D eigenvalue weighted by atomic mass is 10.0. The summed E-state index contributed by atoms with van der Waals surface area (Å²) >= 11 is 0. The second-order valence-corrected chi connectivity index (χ2v) is 4.07. The van der Waals surface area contributed by atoms with Gasteiger partial charge >= 0.3 is 5.97 Å². The van der Waals surface area contributed by atoms with Gasteiger partial charge in [-0.15, -0.1) is 0 Å². The van der Waals surface area contributed by atoms with Crippen LogP contribution in [0.2, 0.25) is 0 Å². The molecule has 0 spiro atoms. The van der Waals surface area contributed by atoms with Crippen LogP contribution in [0, 0.1) is 5.82 Å². The molecule has 0 saturated carbocycles. The first kappa shape index (κ1) is 12.5. The maximum Gasteiger partial charge on any atom is 0.328 e. The molecule has 1 fully saturated rings. The highest BCUT2D eigenvalue weighted by Gasteiger charge is 2.34. The summed E-state index contributed by atoms with van der Waals surface area (Å²) in [5.41, 5.74) is 0.627. The van der Waals surface area contributed by atoms with E-state index in [9.17, 15) is 14.0 Å². The zero-order valence-corrected chi connectivity index (χ0v) is 9.43. The van der Waals surface area contributed by atoms with Crippen molar-refractivity contribution < 1.29 is 23.8 Å². The zero-order chi connectivity index (χ0) is 13.1. The van der Waals surface area contributed by atoms with Crippen molar-refractivity contribution in [3.63, 3.8) is 0 Å². The Bertz CT molecular complexity index is 477. The van der Waals surface area contributed by atoms with Crippen molar-refractivity contribution in [2.45, 2.75) is 18.6 Å². The van der Waals surface area contributed by atoms with E-state index in [1.807, 2.05) is 0 Å². The number of carbonyl (C=O) groups excluding carboxylic acids is 1. The number of ether oxygens (including phenoxy) is 1. The third-order valence-electron chi connectivity index (χ3n) is 2.71. The van der Waals surface area contributed by atoms with Gasteiger partial charge in [-0.05, 0) is 17.7 Å². The normalized spacial score (nSPS) is 23.5. The Morgan fingerprint density at radius 2 is 2.33 bits per heavy atom. The number of carboxylic acid groups (broad SMARTS) is 1. The van der Waals surface area contributed by atoms with Gasteiger partial charge in [-0.1, -0.05) is 12.1 Å². The fourth-order valence-electron chi connectivity index (χ4n) is 1.88. The van der Waals surface area contributed by atoms with E-state index < -0.39 is 24.0 Å². The molecule has 0 bridgehead atoms. The van der Waals surface area contributed by atoms with Crippen molar-refractivity contribution in [2.24, 2.45) is 0 Å². The van der Waals surface area contributed by atoms with Crippen LogP contribution in [0.3, 0.4) is 0 Å². The van der Waals surface area contributed by atoms with Gasteiger partial charge in [0.2, 0.25) is 5.91 Å². The van der Waals surface area contributed by atoms with Gasteiger partial charge in [-0.2, -0.15) is 0 Å². The second kappa shape index (κ2) is 5.14. The first-order chi connectivity index (χ1) is 8.56. The molecule has 0 radical (unpaired) electrons. The summed E-state index contributed by atoms with van der Waals surface area (Å²) in [5, 5.41) is 11.3. The Hall–Kier alpha value is -1.95. The molecule has 1 saturated heterocycles. The van der Waals surface area contributed by atoms with Crippen LogP contribution < -0.4 is 5.32 Å². The number of carbonyl (C=O) groups is 2. The van der Waals surface area contributed by atoms with Crippen molar-refractivity contribution in [1.82, 2.24) is 5.32 Å². The number of hydrogen-bond donors (Lipinski definition) is 2. The van der Waals surface area contributed by atoms with Crippen LogP contribution in [0.25, 0.3) is 0 Å². The molecule has 1 aromatic carbocycles. The standard InChI is InChI=1S/C12H12FNO4/c13-8-3-1-2-7(4-8)5-9-11(12(16)17)14-10(15)6-18-9/h1-4,9,11H,5-6H2,(H,14,15)(H,16,17). The summed E-state index contributed by atoms with van der Waals surface area (Å²) in [7, 11) is 0. The Morgan fingerprint density at radius 1 is 1.56 bits per heavy atom. The molecule has 5 nitrogen and oxygen atoms in total. The predicted octanol–water partition coefficient (Wildman–Crippen LogP) is 0.336. The first-order valence-electron chi connectivity index (χ1n) is 5.44. The van der Waals surface area contributed by atoms with Crippen molar-refractivity contribution in [3.05, 3.63) is 35.6 Å². The maximum atomic E-state index is 13.0. The number of rotatable bonds is 3. The van der Waals surface area contributed by atoms with Crippen LogP contribution in [-0.2, 0) is 20.7 Å². The van der Waals surface area contributed by atoms with Gasteiger partial charge in [-0.3, -0.25) is 4.79 Å². The monoisotopic (exact) mass is 253 g/mol. The van der Waals surface area contributed by atoms with Crippen molar-refractivity contribution in [1.29, 1.82) is 0 Å². The fourth-order valence-corrected chi connectivity index (χ4v) is 1.88. The number of benzene rings is 1. The fraction of sp³-hybridized carbons (Fsp3) is 0.333. The molecule has 1 heterocycles. The molecule has 2 atom stereocenters. The Kier molecular flexibility index (Phi) is 3.57. The van der Waals surface area contributed by atoms with Crippen LogP contribution in [0.4, 0.5) is 4.39 Å².